The Kier molecular flexibility index (Phi) is 3.72. The fraction of sp³-hybridized carbons (Fsp3) is 0.455. The van der Waals surface area contributed by atoms with Crippen molar-refractivity contribution in [2.75, 3.05) is 6.61 Å². The van der Waals surface area contributed by atoms with Crippen molar-refractivity contribution in [3.8, 4) is 0 Å². The highest BCUT2D eigenvalue weighted by Gasteiger charge is 2.36. The summed E-state index contributed by atoms with van der Waals surface area (Å²) in [5.74, 6) is 0. The highest BCUT2D eigenvalue weighted by Crippen LogP contribution is 2.39. The zero-order chi connectivity index (χ0) is 11.7. The van der Waals surface area contributed by atoms with Crippen LogP contribution in [0.3, 0.4) is 0 Å². The molecule has 0 amide bonds. The van der Waals surface area contributed by atoms with Gasteiger partial charge in [-0.1, -0.05) is 29.3 Å². The van der Waals surface area contributed by atoms with Crippen molar-refractivity contribution in [2.45, 2.75) is 25.4 Å². The Morgan fingerprint density at radius 3 is 2.44 bits per heavy atom. The summed E-state index contributed by atoms with van der Waals surface area (Å²) < 4.78 is 11.0. The third kappa shape index (κ3) is 2.19. The van der Waals surface area contributed by atoms with Crippen LogP contribution in [0.2, 0.25) is 10.0 Å². The molecule has 2 rings (SSSR count). The van der Waals surface area contributed by atoms with Gasteiger partial charge in [-0.2, -0.15) is 0 Å². The second kappa shape index (κ2) is 4.90. The number of rotatable bonds is 2. The first kappa shape index (κ1) is 12.1. The van der Waals surface area contributed by atoms with Crippen molar-refractivity contribution in [2.24, 2.45) is 0 Å². The van der Waals surface area contributed by atoms with Crippen LogP contribution in [-0.4, -0.2) is 24.1 Å². The van der Waals surface area contributed by atoms with E-state index in [4.69, 9.17) is 32.7 Å². The summed E-state index contributed by atoms with van der Waals surface area (Å²) in [6.07, 6.45) is -1.21. The average Bonchev–Trinajstić information content (AvgIpc) is 2.59. The summed E-state index contributed by atoms with van der Waals surface area (Å²) in [4.78, 5) is 0. The quantitative estimate of drug-likeness (QED) is 0.891. The summed E-state index contributed by atoms with van der Waals surface area (Å²) >= 11 is 12.2. The van der Waals surface area contributed by atoms with E-state index in [1.165, 1.54) is 0 Å². The van der Waals surface area contributed by atoms with E-state index in [1.54, 1.807) is 25.1 Å². The van der Waals surface area contributed by atoms with Gasteiger partial charge in [-0.3, -0.25) is 0 Å². The van der Waals surface area contributed by atoms with Crippen LogP contribution in [0, 0.1) is 0 Å². The molecule has 16 heavy (non-hydrogen) atoms. The maximum atomic E-state index is 9.21. The van der Waals surface area contributed by atoms with Crippen molar-refractivity contribution in [1.29, 1.82) is 0 Å². The zero-order valence-electron chi connectivity index (χ0n) is 8.69. The van der Waals surface area contributed by atoms with Crippen LogP contribution < -0.4 is 0 Å². The Balaban J connectivity index is 2.36. The third-order valence-electron chi connectivity index (χ3n) is 2.51. The molecule has 3 atom stereocenters. The highest BCUT2D eigenvalue weighted by molar-refractivity contribution is 6.36. The molecular formula is C11H12Cl2O3. The molecule has 0 aliphatic carbocycles. The van der Waals surface area contributed by atoms with Crippen LogP contribution in [0.15, 0.2) is 18.2 Å². The SMILES string of the molecule is CC1O[C@@H](CO)[C@H](c2c(Cl)cccc2Cl)O1. The number of hydrogen-bond donors (Lipinski definition) is 1. The van der Waals surface area contributed by atoms with E-state index in [2.05, 4.69) is 0 Å². The van der Waals surface area contributed by atoms with E-state index in [1.807, 2.05) is 0 Å². The molecule has 1 aliphatic rings. The van der Waals surface area contributed by atoms with E-state index in [-0.39, 0.29) is 12.9 Å². The van der Waals surface area contributed by atoms with Crippen LogP contribution >= 0.6 is 23.2 Å². The lowest BCUT2D eigenvalue weighted by atomic mass is 10.0. The third-order valence-corrected chi connectivity index (χ3v) is 3.17. The lowest BCUT2D eigenvalue weighted by Gasteiger charge is -2.17. The van der Waals surface area contributed by atoms with Crippen LogP contribution in [0.1, 0.15) is 18.6 Å². The van der Waals surface area contributed by atoms with Crippen molar-refractivity contribution in [3.63, 3.8) is 0 Å². The molecule has 5 heteroatoms. The Bertz CT molecular complexity index is 363. The minimum Gasteiger partial charge on any atom is -0.394 e. The summed E-state index contributed by atoms with van der Waals surface area (Å²) in [6, 6.07) is 5.24. The Hall–Kier alpha value is -0.320. The van der Waals surface area contributed by atoms with Gasteiger partial charge >= 0.3 is 0 Å². The van der Waals surface area contributed by atoms with Crippen LogP contribution in [0.25, 0.3) is 0 Å². The van der Waals surface area contributed by atoms with Gasteiger partial charge in [0.05, 0.1) is 6.61 Å². The van der Waals surface area contributed by atoms with Gasteiger partial charge in [0.1, 0.15) is 12.2 Å². The van der Waals surface area contributed by atoms with Crippen molar-refractivity contribution in [3.05, 3.63) is 33.8 Å². The Morgan fingerprint density at radius 1 is 1.25 bits per heavy atom. The predicted molar refractivity (Wildman–Crippen MR) is 61.7 cm³/mol. The first-order valence-electron chi connectivity index (χ1n) is 4.99. The number of benzene rings is 1. The van der Waals surface area contributed by atoms with E-state index in [0.717, 1.165) is 0 Å². The lowest BCUT2D eigenvalue weighted by Crippen LogP contribution is -2.20. The molecule has 88 valence electrons. The molecule has 0 radical (unpaired) electrons. The normalized spacial score (nSPS) is 29.6. The minimum absolute atomic E-state index is 0.128. The van der Waals surface area contributed by atoms with Gasteiger partial charge < -0.3 is 14.6 Å². The number of ether oxygens (including phenoxy) is 2. The summed E-state index contributed by atoms with van der Waals surface area (Å²) in [5.41, 5.74) is 0.675. The van der Waals surface area contributed by atoms with Crippen molar-refractivity contribution in [1.82, 2.24) is 0 Å². The minimum atomic E-state index is -0.424. The molecule has 1 aliphatic heterocycles. The second-order valence-electron chi connectivity index (χ2n) is 3.62. The molecule has 0 aromatic heterocycles. The molecule has 3 nitrogen and oxygen atoms in total. The first-order chi connectivity index (χ1) is 7.63. The van der Waals surface area contributed by atoms with Gasteiger partial charge in [-0.15, -0.1) is 0 Å². The molecule has 0 saturated carbocycles. The number of hydrogen-bond acceptors (Lipinski definition) is 3. The van der Waals surface area contributed by atoms with E-state index >= 15 is 0 Å². The Morgan fingerprint density at radius 2 is 1.88 bits per heavy atom. The number of aliphatic hydroxyl groups excluding tert-OH is 1. The fourth-order valence-electron chi connectivity index (χ4n) is 1.82. The average molecular weight is 263 g/mol. The molecule has 1 heterocycles. The topological polar surface area (TPSA) is 38.7 Å². The van der Waals surface area contributed by atoms with Gasteiger partial charge in [0, 0.05) is 15.6 Å². The van der Waals surface area contributed by atoms with Crippen molar-refractivity contribution >= 4 is 23.2 Å². The molecule has 1 aromatic rings. The molecule has 1 unspecified atom stereocenters. The molecule has 1 saturated heterocycles. The van der Waals surface area contributed by atoms with Crippen LogP contribution in [0.4, 0.5) is 0 Å². The molecular weight excluding hydrogens is 251 g/mol. The molecule has 1 N–H and O–H groups in total. The highest BCUT2D eigenvalue weighted by atomic mass is 35.5. The maximum absolute atomic E-state index is 9.21. The van der Waals surface area contributed by atoms with Crippen LogP contribution in [0.5, 0.6) is 0 Å². The Labute approximate surface area is 104 Å². The van der Waals surface area contributed by atoms with E-state index < -0.39 is 12.2 Å². The fourth-order valence-corrected chi connectivity index (χ4v) is 2.43. The van der Waals surface area contributed by atoms with Gasteiger partial charge in [0.2, 0.25) is 0 Å². The van der Waals surface area contributed by atoms with E-state index in [9.17, 15) is 5.11 Å². The molecule has 0 spiro atoms. The summed E-state index contributed by atoms with van der Waals surface area (Å²) in [7, 11) is 0. The smallest absolute Gasteiger partial charge is 0.156 e. The van der Waals surface area contributed by atoms with Gasteiger partial charge in [0.15, 0.2) is 6.29 Å². The summed E-state index contributed by atoms with van der Waals surface area (Å²) in [6.45, 7) is 1.64. The van der Waals surface area contributed by atoms with Gasteiger partial charge in [-0.25, -0.2) is 0 Å². The van der Waals surface area contributed by atoms with Crippen LogP contribution in [-0.2, 0) is 9.47 Å². The molecule has 1 aromatic carbocycles. The van der Waals surface area contributed by atoms with E-state index in [0.29, 0.717) is 15.6 Å². The zero-order valence-corrected chi connectivity index (χ0v) is 10.2. The monoisotopic (exact) mass is 262 g/mol. The largest absolute Gasteiger partial charge is 0.394 e. The number of halogens is 2. The molecule has 0 bridgehead atoms. The van der Waals surface area contributed by atoms with Crippen molar-refractivity contribution < 1.29 is 14.6 Å². The second-order valence-corrected chi connectivity index (χ2v) is 4.43. The maximum Gasteiger partial charge on any atom is 0.156 e. The summed E-state index contributed by atoms with van der Waals surface area (Å²) in [5, 5.41) is 10.2. The first-order valence-corrected chi connectivity index (χ1v) is 5.74. The van der Waals surface area contributed by atoms with Gasteiger partial charge in [0.25, 0.3) is 0 Å². The lowest BCUT2D eigenvalue weighted by molar-refractivity contribution is -0.0563. The van der Waals surface area contributed by atoms with Gasteiger partial charge in [-0.05, 0) is 19.1 Å². The standard InChI is InChI=1S/C11H12Cl2O3/c1-6-15-9(5-14)11(16-6)10-7(12)3-2-4-8(10)13/h2-4,6,9,11,14H,5H2,1H3/t6?,9-,11+/m0/s1. The predicted octanol–water partition coefficient (Wildman–Crippen LogP) is 2.79. The molecule has 1 fully saturated rings. The number of aliphatic hydroxyl groups is 1.